The van der Waals surface area contributed by atoms with Crippen molar-refractivity contribution >= 4 is 39.1 Å². The Labute approximate surface area is 118 Å². The first-order chi connectivity index (χ1) is 8.15. The van der Waals surface area contributed by atoms with Crippen molar-refractivity contribution < 1.29 is 4.74 Å². The van der Waals surface area contributed by atoms with Crippen molar-refractivity contribution in [2.45, 2.75) is 6.61 Å². The summed E-state index contributed by atoms with van der Waals surface area (Å²) in [6.45, 7) is 0.364. The monoisotopic (exact) mass is 331 g/mol. The lowest BCUT2D eigenvalue weighted by Gasteiger charge is -2.07. The third kappa shape index (κ3) is 3.60. The molecule has 0 fully saturated rings. The maximum Gasteiger partial charge on any atom is 0.138 e. The van der Waals surface area contributed by atoms with Gasteiger partial charge in [0.05, 0.1) is 6.20 Å². The number of halogens is 3. The fourth-order valence-corrected chi connectivity index (χ4v) is 1.86. The van der Waals surface area contributed by atoms with Gasteiger partial charge >= 0.3 is 0 Å². The highest BCUT2D eigenvalue weighted by atomic mass is 79.9. The molecule has 5 heteroatoms. The normalized spacial score (nSPS) is 10.3. The SMILES string of the molecule is Clc1ccc(Cl)c(COc2ccc(Br)nc2)c1. The van der Waals surface area contributed by atoms with Crippen LogP contribution >= 0.6 is 39.1 Å². The van der Waals surface area contributed by atoms with Crippen molar-refractivity contribution in [1.29, 1.82) is 0 Å². The van der Waals surface area contributed by atoms with E-state index >= 15 is 0 Å². The van der Waals surface area contributed by atoms with Gasteiger partial charge in [-0.1, -0.05) is 23.2 Å². The Bertz CT molecular complexity index is 516. The van der Waals surface area contributed by atoms with Crippen LogP contribution < -0.4 is 4.74 Å². The van der Waals surface area contributed by atoms with Crippen LogP contribution in [0, 0.1) is 0 Å². The van der Waals surface area contributed by atoms with Gasteiger partial charge in [0.25, 0.3) is 0 Å². The molecule has 1 aromatic carbocycles. The maximum atomic E-state index is 6.03. The van der Waals surface area contributed by atoms with E-state index in [0.29, 0.717) is 22.4 Å². The Morgan fingerprint density at radius 3 is 2.71 bits per heavy atom. The van der Waals surface area contributed by atoms with E-state index in [1.54, 1.807) is 24.4 Å². The van der Waals surface area contributed by atoms with Gasteiger partial charge in [0.1, 0.15) is 17.0 Å². The fraction of sp³-hybridized carbons (Fsp3) is 0.0833. The first kappa shape index (κ1) is 12.7. The number of benzene rings is 1. The molecule has 0 saturated carbocycles. The van der Waals surface area contributed by atoms with Crippen LogP contribution in [0.2, 0.25) is 10.0 Å². The molecule has 1 heterocycles. The summed E-state index contributed by atoms with van der Waals surface area (Å²) in [4.78, 5) is 4.06. The summed E-state index contributed by atoms with van der Waals surface area (Å²) in [6, 6.07) is 8.93. The number of hydrogen-bond donors (Lipinski definition) is 0. The molecule has 0 amide bonds. The van der Waals surface area contributed by atoms with Gasteiger partial charge in [0.15, 0.2) is 0 Å². The fourth-order valence-electron chi connectivity index (χ4n) is 1.26. The number of rotatable bonds is 3. The van der Waals surface area contributed by atoms with E-state index in [1.807, 2.05) is 12.1 Å². The molecule has 0 spiro atoms. The highest BCUT2D eigenvalue weighted by molar-refractivity contribution is 9.10. The van der Waals surface area contributed by atoms with Crippen LogP contribution in [0.1, 0.15) is 5.56 Å². The van der Waals surface area contributed by atoms with Crippen LogP contribution in [0.25, 0.3) is 0 Å². The standard InChI is InChI=1S/C12H8BrCl2NO/c13-12-4-2-10(6-16-12)17-7-8-5-9(14)1-3-11(8)15/h1-6H,7H2. The zero-order chi connectivity index (χ0) is 12.3. The van der Waals surface area contributed by atoms with E-state index in [1.165, 1.54) is 0 Å². The molecule has 2 rings (SSSR count). The van der Waals surface area contributed by atoms with Gasteiger partial charge in [-0.15, -0.1) is 0 Å². The van der Waals surface area contributed by atoms with E-state index in [0.717, 1.165) is 10.2 Å². The van der Waals surface area contributed by atoms with Crippen LogP contribution in [0.15, 0.2) is 41.1 Å². The molecule has 0 N–H and O–H groups in total. The second kappa shape index (κ2) is 5.71. The van der Waals surface area contributed by atoms with Crippen molar-refractivity contribution in [2.75, 3.05) is 0 Å². The van der Waals surface area contributed by atoms with Gasteiger partial charge in [-0.25, -0.2) is 4.98 Å². The Kier molecular flexibility index (Phi) is 4.26. The molecule has 0 radical (unpaired) electrons. The minimum Gasteiger partial charge on any atom is -0.487 e. The van der Waals surface area contributed by atoms with E-state index in [9.17, 15) is 0 Å². The largest absolute Gasteiger partial charge is 0.487 e. The highest BCUT2D eigenvalue weighted by Crippen LogP contribution is 2.22. The maximum absolute atomic E-state index is 6.03. The van der Waals surface area contributed by atoms with Crippen LogP contribution in [0.3, 0.4) is 0 Å². The van der Waals surface area contributed by atoms with Gasteiger partial charge in [0.2, 0.25) is 0 Å². The summed E-state index contributed by atoms with van der Waals surface area (Å²) in [6.07, 6.45) is 1.64. The third-order valence-corrected chi connectivity index (χ3v) is 3.18. The van der Waals surface area contributed by atoms with E-state index in [-0.39, 0.29) is 0 Å². The molecule has 17 heavy (non-hydrogen) atoms. The average Bonchev–Trinajstić information content (AvgIpc) is 2.32. The Morgan fingerprint density at radius 1 is 1.18 bits per heavy atom. The minimum absolute atomic E-state index is 0.364. The molecule has 2 nitrogen and oxygen atoms in total. The topological polar surface area (TPSA) is 22.1 Å². The molecule has 0 aliphatic rings. The molecule has 0 aliphatic heterocycles. The summed E-state index contributed by atoms with van der Waals surface area (Å²) < 4.78 is 6.33. The zero-order valence-corrected chi connectivity index (χ0v) is 11.8. The van der Waals surface area contributed by atoms with Gasteiger partial charge in [-0.2, -0.15) is 0 Å². The van der Waals surface area contributed by atoms with Crippen LogP contribution in [-0.2, 0) is 6.61 Å². The Morgan fingerprint density at radius 2 is 2.00 bits per heavy atom. The highest BCUT2D eigenvalue weighted by Gasteiger charge is 2.03. The van der Waals surface area contributed by atoms with E-state index in [2.05, 4.69) is 20.9 Å². The number of nitrogens with zero attached hydrogens (tertiary/aromatic N) is 1. The van der Waals surface area contributed by atoms with Crippen LogP contribution in [0.5, 0.6) is 5.75 Å². The Hall–Kier alpha value is -0.770. The second-order valence-electron chi connectivity index (χ2n) is 3.34. The summed E-state index contributed by atoms with van der Waals surface area (Å²) in [5, 5.41) is 1.28. The molecule has 1 aromatic heterocycles. The first-order valence-electron chi connectivity index (χ1n) is 4.83. The Balaban J connectivity index is 2.07. The third-order valence-electron chi connectivity index (χ3n) is 2.10. The van der Waals surface area contributed by atoms with Crippen LogP contribution in [-0.4, -0.2) is 4.98 Å². The van der Waals surface area contributed by atoms with Crippen LogP contribution in [0.4, 0.5) is 0 Å². The zero-order valence-electron chi connectivity index (χ0n) is 8.66. The molecule has 0 atom stereocenters. The summed E-state index contributed by atoms with van der Waals surface area (Å²) in [7, 11) is 0. The van der Waals surface area contributed by atoms with Crippen molar-refractivity contribution in [1.82, 2.24) is 4.98 Å². The van der Waals surface area contributed by atoms with Gasteiger partial charge in [0, 0.05) is 15.6 Å². The smallest absolute Gasteiger partial charge is 0.138 e. The quantitative estimate of drug-likeness (QED) is 0.758. The number of ether oxygens (including phenoxy) is 1. The number of hydrogen-bond acceptors (Lipinski definition) is 2. The predicted molar refractivity (Wildman–Crippen MR) is 72.7 cm³/mol. The molecule has 88 valence electrons. The predicted octanol–water partition coefficient (Wildman–Crippen LogP) is 4.73. The molecule has 0 bridgehead atoms. The summed E-state index contributed by atoms with van der Waals surface area (Å²) in [5.41, 5.74) is 0.849. The summed E-state index contributed by atoms with van der Waals surface area (Å²) in [5.74, 6) is 0.684. The van der Waals surface area contributed by atoms with Gasteiger partial charge in [-0.05, 0) is 46.3 Å². The average molecular weight is 333 g/mol. The molecule has 0 saturated heterocycles. The lowest BCUT2D eigenvalue weighted by molar-refractivity contribution is 0.305. The molecular weight excluding hydrogens is 325 g/mol. The van der Waals surface area contributed by atoms with Crippen molar-refractivity contribution in [3.8, 4) is 5.75 Å². The lowest BCUT2D eigenvalue weighted by Crippen LogP contribution is -1.96. The van der Waals surface area contributed by atoms with Crippen molar-refractivity contribution in [3.05, 3.63) is 56.7 Å². The first-order valence-corrected chi connectivity index (χ1v) is 6.38. The number of pyridine rings is 1. The minimum atomic E-state index is 0.364. The second-order valence-corrected chi connectivity index (χ2v) is 5.00. The number of aromatic nitrogens is 1. The van der Waals surface area contributed by atoms with E-state index < -0.39 is 0 Å². The molecular formula is C12H8BrCl2NO. The molecule has 0 unspecified atom stereocenters. The van der Waals surface area contributed by atoms with Crippen molar-refractivity contribution in [2.24, 2.45) is 0 Å². The summed E-state index contributed by atoms with van der Waals surface area (Å²) >= 11 is 15.2. The van der Waals surface area contributed by atoms with Gasteiger partial charge in [-0.3, -0.25) is 0 Å². The molecule has 2 aromatic rings. The lowest BCUT2D eigenvalue weighted by atomic mass is 10.2. The van der Waals surface area contributed by atoms with Gasteiger partial charge < -0.3 is 4.74 Å². The van der Waals surface area contributed by atoms with Crippen molar-refractivity contribution in [3.63, 3.8) is 0 Å². The molecule has 0 aliphatic carbocycles. The van der Waals surface area contributed by atoms with E-state index in [4.69, 9.17) is 27.9 Å².